The zero-order chi connectivity index (χ0) is 14.4. The Hall–Kier alpha value is 1.06. The Morgan fingerprint density at radius 2 is 0.765 bits per heavy atom. The third-order valence-electron chi connectivity index (χ3n) is 0. The normalized spacial score (nSPS) is 8.47. The van der Waals surface area contributed by atoms with Gasteiger partial charge in [0.05, 0.1) is 0 Å². The van der Waals surface area contributed by atoms with E-state index < -0.39 is 13.4 Å². The summed E-state index contributed by atoms with van der Waals surface area (Å²) in [6, 6.07) is 0. The predicted octanol–water partition coefficient (Wildman–Crippen LogP) is 0.758. The minimum atomic E-state index is -3.81. The van der Waals surface area contributed by atoms with E-state index in [0.717, 1.165) is 0 Å². The van der Waals surface area contributed by atoms with E-state index in [0.29, 0.717) is 0 Å². The first-order chi connectivity index (χ1) is 6.83. The Labute approximate surface area is 122 Å². The maximum absolute atomic E-state index is 7.56. The summed E-state index contributed by atoms with van der Waals surface area (Å²) >= 11 is 7.21. The van der Waals surface area contributed by atoms with Crippen LogP contribution in [0.3, 0.4) is 0 Å². The van der Waals surface area contributed by atoms with Crippen molar-refractivity contribution in [3.63, 3.8) is 0 Å². The average Bonchev–Trinajstić information content (AvgIpc) is 1.79. The van der Waals surface area contributed by atoms with Crippen molar-refractivity contribution < 1.29 is 46.4 Å². The molecule has 0 aliphatic heterocycles. The van der Waals surface area contributed by atoms with Crippen LogP contribution in [0, 0.1) is 0 Å². The second kappa shape index (κ2) is 19.4. The van der Waals surface area contributed by atoms with Gasteiger partial charge < -0.3 is 29.4 Å². The van der Waals surface area contributed by atoms with E-state index in [4.69, 9.17) is 29.4 Å². The summed E-state index contributed by atoms with van der Waals surface area (Å²) in [5.74, 6) is 0. The van der Waals surface area contributed by atoms with Gasteiger partial charge >= 0.3 is 13.4 Å². The standard InChI is InChI=1S/2C3H6.Cu.2H3O3PS/c2*1-3-2;;2*1-4(2,3)5/h2*3H,1H2,2H3;;2*(H3,1,2,3,5). The van der Waals surface area contributed by atoms with Gasteiger partial charge in [-0.2, -0.15) is 0 Å². The van der Waals surface area contributed by atoms with Crippen LogP contribution in [-0.4, -0.2) is 29.4 Å². The molecule has 6 N–H and O–H groups in total. The summed E-state index contributed by atoms with van der Waals surface area (Å²) in [5, 5.41) is 0. The van der Waals surface area contributed by atoms with Crippen molar-refractivity contribution in [2.45, 2.75) is 13.8 Å². The topological polar surface area (TPSA) is 121 Å². The van der Waals surface area contributed by atoms with Crippen LogP contribution in [0.2, 0.25) is 0 Å². The molecule has 0 bridgehead atoms. The van der Waals surface area contributed by atoms with Crippen molar-refractivity contribution in [1.29, 1.82) is 0 Å². The van der Waals surface area contributed by atoms with Gasteiger partial charge in [0.15, 0.2) is 0 Å². The van der Waals surface area contributed by atoms with Crippen molar-refractivity contribution in [2.24, 2.45) is 0 Å². The van der Waals surface area contributed by atoms with E-state index in [1.807, 2.05) is 13.8 Å². The largest absolute Gasteiger partial charge is 0.325 e. The second-order valence-electron chi connectivity index (χ2n) is 1.84. The summed E-state index contributed by atoms with van der Waals surface area (Å²) in [7, 11) is 0. The van der Waals surface area contributed by atoms with Crippen molar-refractivity contribution in [3.8, 4) is 0 Å². The van der Waals surface area contributed by atoms with Gasteiger partial charge in [0, 0.05) is 17.1 Å². The van der Waals surface area contributed by atoms with Gasteiger partial charge in [0.1, 0.15) is 0 Å². The first kappa shape index (κ1) is 30.8. The zero-order valence-corrected chi connectivity index (χ0v) is 13.6. The molecule has 0 spiro atoms. The van der Waals surface area contributed by atoms with Crippen LogP contribution in [0.5, 0.6) is 0 Å². The fourth-order valence-electron chi connectivity index (χ4n) is 0. The fourth-order valence-corrected chi connectivity index (χ4v) is 0. The van der Waals surface area contributed by atoms with Gasteiger partial charge in [-0.05, 0) is 37.5 Å². The monoisotopic (exact) mass is 375 g/mol. The summed E-state index contributed by atoms with van der Waals surface area (Å²) < 4.78 is 0. The first-order valence-corrected chi connectivity index (χ1v) is 8.86. The third-order valence-corrected chi connectivity index (χ3v) is 0. The summed E-state index contributed by atoms with van der Waals surface area (Å²) in [5.41, 5.74) is 0. The van der Waals surface area contributed by atoms with Crippen LogP contribution >= 0.6 is 13.4 Å². The van der Waals surface area contributed by atoms with E-state index >= 15 is 0 Å². The van der Waals surface area contributed by atoms with Crippen LogP contribution in [0.1, 0.15) is 13.8 Å². The molecule has 0 unspecified atom stereocenters. The molecule has 0 aliphatic carbocycles. The van der Waals surface area contributed by atoms with Crippen LogP contribution in [0.25, 0.3) is 0 Å². The Balaban J connectivity index is -0.0000000381. The minimum Gasteiger partial charge on any atom is -0.325 e. The first-order valence-electron chi connectivity index (χ1n) is 3.54. The summed E-state index contributed by atoms with van der Waals surface area (Å²) in [4.78, 5) is 45.3. The van der Waals surface area contributed by atoms with Gasteiger partial charge in [0.2, 0.25) is 0 Å². The van der Waals surface area contributed by atoms with Gasteiger partial charge in [-0.25, -0.2) is 0 Å². The minimum absolute atomic E-state index is 0. The van der Waals surface area contributed by atoms with Gasteiger partial charge in [0.25, 0.3) is 0 Å². The Bertz CT molecular complexity index is 208. The molecule has 0 amide bonds. The molecule has 0 saturated heterocycles. The molecule has 0 aromatic heterocycles. The van der Waals surface area contributed by atoms with Crippen molar-refractivity contribution in [1.82, 2.24) is 0 Å². The van der Waals surface area contributed by atoms with Gasteiger partial charge in [-0.1, -0.05) is 12.2 Å². The number of hydrogen-bond acceptors (Lipinski definition) is 2. The van der Waals surface area contributed by atoms with Crippen LogP contribution in [-0.2, 0) is 40.7 Å². The SMILES string of the molecule is C=CC.C=CC.OP(O)(O)=S.OP(O)(O)=S.[Cu]. The van der Waals surface area contributed by atoms with Crippen molar-refractivity contribution in [2.75, 3.05) is 0 Å². The smallest absolute Gasteiger partial charge is 0.319 e. The molecular weight excluding hydrogens is 358 g/mol. The fraction of sp³-hybridized carbons (Fsp3) is 0.333. The third kappa shape index (κ3) is 3450. The molecule has 11 heteroatoms. The molecule has 0 heterocycles. The summed E-state index contributed by atoms with van der Waals surface area (Å²) in [6.07, 6.45) is 3.50. The average molecular weight is 376 g/mol. The number of hydrogen-bond donors (Lipinski definition) is 6. The maximum atomic E-state index is 7.56. The number of allylic oxidation sites excluding steroid dienone is 2. The Morgan fingerprint density at radius 3 is 0.765 bits per heavy atom. The van der Waals surface area contributed by atoms with Crippen LogP contribution in [0.4, 0.5) is 0 Å². The van der Waals surface area contributed by atoms with E-state index in [1.165, 1.54) is 0 Å². The van der Waals surface area contributed by atoms with Gasteiger partial charge in [-0.15, -0.1) is 13.2 Å². The molecule has 17 heavy (non-hydrogen) atoms. The molecule has 0 atom stereocenters. The molecule has 0 fully saturated rings. The molecule has 0 rings (SSSR count). The van der Waals surface area contributed by atoms with E-state index in [9.17, 15) is 0 Å². The van der Waals surface area contributed by atoms with Crippen molar-refractivity contribution in [3.05, 3.63) is 25.3 Å². The molecule has 0 saturated carbocycles. The predicted molar refractivity (Wildman–Crippen MR) is 73.6 cm³/mol. The van der Waals surface area contributed by atoms with Crippen LogP contribution in [0.15, 0.2) is 25.3 Å². The molecule has 6 nitrogen and oxygen atoms in total. The molecule has 0 aliphatic rings. The molecular formula is C6H18CuO6P2S2. The van der Waals surface area contributed by atoms with Crippen LogP contribution < -0.4 is 0 Å². The second-order valence-corrected chi connectivity index (χ2v) is 6.84. The summed E-state index contributed by atoms with van der Waals surface area (Å²) in [6.45, 7) is 2.89. The molecule has 0 aromatic rings. The molecule has 1 radical (unpaired) electrons. The van der Waals surface area contributed by atoms with E-state index in [-0.39, 0.29) is 17.1 Å². The quantitative estimate of drug-likeness (QED) is 0.208. The van der Waals surface area contributed by atoms with Crippen molar-refractivity contribution >= 4 is 37.1 Å². The Morgan fingerprint density at radius 1 is 0.765 bits per heavy atom. The zero-order valence-electron chi connectivity index (χ0n) is 9.26. The molecule has 111 valence electrons. The maximum Gasteiger partial charge on any atom is 0.319 e. The van der Waals surface area contributed by atoms with E-state index in [1.54, 1.807) is 12.2 Å². The molecule has 0 aromatic carbocycles. The number of rotatable bonds is 0. The van der Waals surface area contributed by atoms with Gasteiger partial charge in [-0.3, -0.25) is 0 Å². The Kier molecular flexibility index (Phi) is 35.2. The van der Waals surface area contributed by atoms with E-state index in [2.05, 4.69) is 36.8 Å².